The van der Waals surface area contributed by atoms with Gasteiger partial charge >= 0.3 is 0 Å². The number of Topliss-reactive ketones (excluding diaryl/α,β-unsaturated/α-hetero) is 1. The number of carbonyl (C=O) groups excluding carboxylic acids is 1. The average Bonchev–Trinajstić information content (AvgIpc) is 3.20. The molecule has 1 aromatic heterocycles. The third-order valence-corrected chi connectivity index (χ3v) is 6.16. The van der Waals surface area contributed by atoms with Gasteiger partial charge in [0.15, 0.2) is 5.78 Å². The van der Waals surface area contributed by atoms with Crippen LogP contribution < -0.4 is 5.32 Å². The number of benzene rings is 3. The molecule has 0 bridgehead atoms. The van der Waals surface area contributed by atoms with Crippen LogP contribution in [-0.2, 0) is 6.42 Å². The summed E-state index contributed by atoms with van der Waals surface area (Å²) in [6, 6.07) is 20.9. The van der Waals surface area contributed by atoms with E-state index in [1.54, 1.807) is 6.07 Å². The molecule has 0 amide bonds. The number of rotatable bonds is 7. The summed E-state index contributed by atoms with van der Waals surface area (Å²) in [6.07, 6.45) is 2.50. The van der Waals surface area contributed by atoms with Gasteiger partial charge in [0.1, 0.15) is 0 Å². The van der Waals surface area contributed by atoms with Crippen LogP contribution in [0.15, 0.2) is 72.9 Å². The van der Waals surface area contributed by atoms with Crippen molar-refractivity contribution in [1.82, 2.24) is 10.3 Å². The third kappa shape index (κ3) is 4.69. The van der Waals surface area contributed by atoms with Gasteiger partial charge in [-0.2, -0.15) is 0 Å². The highest BCUT2D eigenvalue weighted by atomic mass is 35.5. The maximum Gasteiger partial charge on any atom is 0.186 e. The van der Waals surface area contributed by atoms with E-state index in [-0.39, 0.29) is 11.8 Å². The Balaban J connectivity index is 1.64. The molecule has 0 saturated carbocycles. The number of fused-ring (bicyclic) bond motifs is 1. The van der Waals surface area contributed by atoms with Crippen LogP contribution in [-0.4, -0.2) is 16.8 Å². The number of aromatic nitrogens is 1. The molecular weight excluding hydrogens is 427 g/mol. The molecule has 0 radical (unpaired) electrons. The largest absolute Gasteiger partial charge is 0.360 e. The number of hydrogen-bond acceptors (Lipinski definition) is 2. The van der Waals surface area contributed by atoms with E-state index in [2.05, 4.69) is 17.2 Å². The second-order valence-corrected chi connectivity index (χ2v) is 8.76. The molecule has 31 heavy (non-hydrogen) atoms. The zero-order chi connectivity index (χ0) is 22.0. The molecule has 0 unspecified atom stereocenters. The van der Waals surface area contributed by atoms with Gasteiger partial charge < -0.3 is 10.3 Å². The number of nitrogens with one attached hydrogen (secondary N) is 2. The number of aromatic amines is 1. The monoisotopic (exact) mass is 450 g/mol. The first-order chi connectivity index (χ1) is 14.9. The first kappa shape index (κ1) is 21.6. The van der Waals surface area contributed by atoms with Crippen LogP contribution in [0.1, 0.15) is 40.0 Å². The molecule has 0 aliphatic carbocycles. The van der Waals surface area contributed by atoms with Crippen molar-refractivity contribution in [3.63, 3.8) is 0 Å². The predicted octanol–water partition coefficient (Wildman–Crippen LogP) is 6.93. The molecule has 0 fully saturated rings. The predicted molar refractivity (Wildman–Crippen MR) is 129 cm³/mol. The first-order valence-corrected chi connectivity index (χ1v) is 11.1. The fourth-order valence-corrected chi connectivity index (χ4v) is 4.48. The SMILES string of the molecule is Cc1cccc2c(C(=O)[C@H](N[C@H](C)Cc3ccc(Cl)cc3Cl)c3ccccc3)c[nH]c12. The topological polar surface area (TPSA) is 44.9 Å². The first-order valence-electron chi connectivity index (χ1n) is 10.3. The molecule has 3 aromatic carbocycles. The second kappa shape index (κ2) is 9.27. The molecule has 4 rings (SSSR count). The lowest BCUT2D eigenvalue weighted by atomic mass is 9.95. The normalized spacial score (nSPS) is 13.3. The van der Waals surface area contributed by atoms with E-state index in [9.17, 15) is 4.79 Å². The summed E-state index contributed by atoms with van der Waals surface area (Å²) in [5.74, 6) is 0.0390. The van der Waals surface area contributed by atoms with Crippen LogP contribution in [0.3, 0.4) is 0 Å². The van der Waals surface area contributed by atoms with Crippen molar-refractivity contribution < 1.29 is 4.79 Å². The molecule has 0 saturated heterocycles. The van der Waals surface area contributed by atoms with Crippen molar-refractivity contribution in [2.75, 3.05) is 0 Å². The number of ketones is 1. The van der Waals surface area contributed by atoms with E-state index < -0.39 is 6.04 Å². The molecule has 0 aliphatic rings. The highest BCUT2D eigenvalue weighted by Gasteiger charge is 2.26. The van der Waals surface area contributed by atoms with E-state index in [0.29, 0.717) is 22.0 Å². The van der Waals surface area contributed by atoms with E-state index in [1.165, 1.54) is 0 Å². The van der Waals surface area contributed by atoms with Crippen molar-refractivity contribution in [2.24, 2.45) is 0 Å². The van der Waals surface area contributed by atoms with Crippen LogP contribution in [0.5, 0.6) is 0 Å². The molecule has 4 aromatic rings. The van der Waals surface area contributed by atoms with Gasteiger partial charge in [-0.3, -0.25) is 4.79 Å². The van der Waals surface area contributed by atoms with E-state index in [1.807, 2.05) is 73.8 Å². The fraction of sp³-hybridized carbons (Fsp3) is 0.192. The Morgan fingerprint density at radius 3 is 2.55 bits per heavy atom. The molecule has 5 heteroatoms. The van der Waals surface area contributed by atoms with Crippen LogP contribution in [0.25, 0.3) is 10.9 Å². The number of para-hydroxylation sites is 1. The quantitative estimate of drug-likeness (QED) is 0.299. The lowest BCUT2D eigenvalue weighted by Gasteiger charge is -2.23. The summed E-state index contributed by atoms with van der Waals surface area (Å²) in [5, 5.41) is 5.73. The Kier molecular flexibility index (Phi) is 6.47. The summed E-state index contributed by atoms with van der Waals surface area (Å²) in [4.78, 5) is 17.0. The third-order valence-electron chi connectivity index (χ3n) is 5.58. The maximum absolute atomic E-state index is 13.7. The van der Waals surface area contributed by atoms with Crippen LogP contribution >= 0.6 is 23.2 Å². The van der Waals surface area contributed by atoms with Gasteiger partial charge in [-0.15, -0.1) is 0 Å². The van der Waals surface area contributed by atoms with Gasteiger partial charge in [-0.05, 0) is 49.1 Å². The smallest absolute Gasteiger partial charge is 0.186 e. The van der Waals surface area contributed by atoms with Crippen LogP contribution in [0.2, 0.25) is 10.0 Å². The summed E-state index contributed by atoms with van der Waals surface area (Å²) < 4.78 is 0. The highest BCUT2D eigenvalue weighted by Crippen LogP contribution is 2.28. The van der Waals surface area contributed by atoms with Gasteiger partial charge in [-0.1, -0.05) is 77.8 Å². The van der Waals surface area contributed by atoms with Gasteiger partial charge in [0, 0.05) is 38.8 Å². The number of hydrogen-bond donors (Lipinski definition) is 2. The molecular formula is C26H24Cl2N2O. The van der Waals surface area contributed by atoms with Crippen molar-refractivity contribution in [1.29, 1.82) is 0 Å². The Morgan fingerprint density at radius 2 is 1.81 bits per heavy atom. The maximum atomic E-state index is 13.7. The van der Waals surface area contributed by atoms with E-state index >= 15 is 0 Å². The Labute approximate surface area is 192 Å². The Hall–Kier alpha value is -2.59. The Morgan fingerprint density at radius 1 is 1.03 bits per heavy atom. The lowest BCUT2D eigenvalue weighted by Crippen LogP contribution is -2.36. The average molecular weight is 451 g/mol. The molecule has 3 nitrogen and oxygen atoms in total. The molecule has 0 aliphatic heterocycles. The van der Waals surface area contributed by atoms with Crippen LogP contribution in [0.4, 0.5) is 0 Å². The zero-order valence-electron chi connectivity index (χ0n) is 17.5. The number of halogens is 2. The van der Waals surface area contributed by atoms with Gasteiger partial charge in [0.2, 0.25) is 0 Å². The molecule has 2 N–H and O–H groups in total. The highest BCUT2D eigenvalue weighted by molar-refractivity contribution is 6.35. The minimum absolute atomic E-state index is 0.0137. The minimum atomic E-state index is -0.471. The molecule has 158 valence electrons. The standard InChI is InChI=1S/C26H24Cl2N2O/c1-16-7-6-10-21-22(15-29-24(16)21)26(31)25(18-8-4-3-5-9-18)30-17(2)13-19-11-12-20(27)14-23(19)28/h3-12,14-15,17,25,29-30H,13H2,1-2H3/t17-,25-/m1/s1. The van der Waals surface area contributed by atoms with Crippen molar-refractivity contribution in [3.8, 4) is 0 Å². The van der Waals surface area contributed by atoms with Crippen molar-refractivity contribution in [3.05, 3.63) is 105 Å². The lowest BCUT2D eigenvalue weighted by molar-refractivity contribution is 0.0938. The summed E-state index contributed by atoms with van der Waals surface area (Å²) in [6.45, 7) is 4.10. The summed E-state index contributed by atoms with van der Waals surface area (Å²) >= 11 is 12.4. The zero-order valence-corrected chi connectivity index (χ0v) is 19.0. The van der Waals surface area contributed by atoms with Crippen molar-refractivity contribution >= 4 is 39.9 Å². The van der Waals surface area contributed by atoms with E-state index in [4.69, 9.17) is 23.2 Å². The van der Waals surface area contributed by atoms with Gasteiger partial charge in [0.05, 0.1) is 6.04 Å². The Bertz CT molecular complexity index is 1220. The fourth-order valence-electron chi connectivity index (χ4n) is 3.99. The summed E-state index contributed by atoms with van der Waals surface area (Å²) in [5.41, 5.74) is 4.73. The minimum Gasteiger partial charge on any atom is -0.360 e. The van der Waals surface area contributed by atoms with Crippen molar-refractivity contribution in [2.45, 2.75) is 32.4 Å². The molecule has 2 atom stereocenters. The number of carbonyl (C=O) groups is 1. The van der Waals surface area contributed by atoms with Crippen LogP contribution in [0, 0.1) is 6.92 Å². The van der Waals surface area contributed by atoms with E-state index in [0.717, 1.165) is 27.6 Å². The number of H-pyrrole nitrogens is 1. The molecule has 1 heterocycles. The second-order valence-electron chi connectivity index (χ2n) is 7.92. The summed E-state index contributed by atoms with van der Waals surface area (Å²) in [7, 11) is 0. The van der Waals surface area contributed by atoms with Gasteiger partial charge in [0.25, 0.3) is 0 Å². The molecule has 0 spiro atoms. The number of aryl methyl sites for hydroxylation is 1. The van der Waals surface area contributed by atoms with Gasteiger partial charge in [-0.25, -0.2) is 0 Å².